The molecule has 4 heteroatoms. The van der Waals surface area contributed by atoms with Crippen LogP contribution in [-0.4, -0.2) is 35.3 Å². The topological polar surface area (TPSA) is 42.1 Å². The summed E-state index contributed by atoms with van der Waals surface area (Å²) >= 11 is 0. The molecule has 4 nitrogen and oxygen atoms in total. The normalized spacial score (nSPS) is 30.7. The summed E-state index contributed by atoms with van der Waals surface area (Å²) in [5, 5.41) is 0. The van der Waals surface area contributed by atoms with Gasteiger partial charge in [-0.2, -0.15) is 0 Å². The Hall–Kier alpha value is -1.39. The summed E-state index contributed by atoms with van der Waals surface area (Å²) < 4.78 is 11.5. The fourth-order valence-corrected chi connectivity index (χ4v) is 3.09. The Kier molecular flexibility index (Phi) is 3.54. The first-order valence-electron chi connectivity index (χ1n) is 7.59. The van der Waals surface area contributed by atoms with Gasteiger partial charge in [0.25, 0.3) is 5.91 Å². The number of ether oxygens (including phenoxy) is 2. The Morgan fingerprint density at radius 3 is 2.57 bits per heavy atom. The number of carbonyl (C=O) groups excluding carboxylic acids is 1. The fraction of sp³-hybridized carbons (Fsp3) is 0.588. The number of hydrogen-bond acceptors (Lipinski definition) is 3. The van der Waals surface area contributed by atoms with E-state index in [4.69, 9.17) is 9.47 Å². The molecule has 0 unspecified atom stereocenters. The van der Waals surface area contributed by atoms with E-state index >= 15 is 0 Å². The Balaban J connectivity index is 1.76. The lowest BCUT2D eigenvalue weighted by atomic mass is 10.0. The van der Waals surface area contributed by atoms with E-state index in [-0.39, 0.29) is 24.2 Å². The molecule has 2 fully saturated rings. The summed E-state index contributed by atoms with van der Waals surface area (Å²) in [6.07, 6.45) is -0.475. The molecule has 2 aliphatic rings. The lowest BCUT2D eigenvalue weighted by Gasteiger charge is -2.35. The first kappa shape index (κ1) is 14.5. The summed E-state index contributed by atoms with van der Waals surface area (Å²) in [6, 6.07) is 10.0. The minimum absolute atomic E-state index is 0.0463. The minimum Gasteiger partial charge on any atom is -0.354 e. The highest BCUT2D eigenvalue weighted by molar-refractivity contribution is 5.85. The van der Waals surface area contributed by atoms with E-state index in [9.17, 15) is 4.79 Å². The van der Waals surface area contributed by atoms with Gasteiger partial charge < -0.3 is 14.4 Å². The largest absolute Gasteiger partial charge is 0.354 e. The lowest BCUT2D eigenvalue weighted by Crippen LogP contribution is -2.51. The zero-order chi connectivity index (χ0) is 15.2. The van der Waals surface area contributed by atoms with Gasteiger partial charge in [-0.1, -0.05) is 44.2 Å². The SMILES string of the molecule is CC(C)[C@H]1COC(C)(C)N1C(=O)[C@H]1O[C@@H]1c1ccccc1. The maximum atomic E-state index is 12.8. The van der Waals surface area contributed by atoms with Crippen molar-refractivity contribution in [2.24, 2.45) is 5.92 Å². The average molecular weight is 289 g/mol. The van der Waals surface area contributed by atoms with Crippen LogP contribution in [0.1, 0.15) is 39.4 Å². The molecular weight excluding hydrogens is 266 g/mol. The van der Waals surface area contributed by atoms with Gasteiger partial charge in [0.15, 0.2) is 6.10 Å². The van der Waals surface area contributed by atoms with Gasteiger partial charge in [0.2, 0.25) is 0 Å². The molecule has 3 rings (SSSR count). The van der Waals surface area contributed by atoms with Crippen molar-refractivity contribution in [3.05, 3.63) is 35.9 Å². The number of nitrogens with zero attached hydrogens (tertiary/aromatic N) is 1. The molecule has 2 heterocycles. The first-order valence-corrected chi connectivity index (χ1v) is 7.59. The van der Waals surface area contributed by atoms with Crippen molar-refractivity contribution >= 4 is 5.91 Å². The second-order valence-electron chi connectivity index (χ2n) is 6.67. The van der Waals surface area contributed by atoms with E-state index in [2.05, 4.69) is 13.8 Å². The monoisotopic (exact) mass is 289 g/mol. The van der Waals surface area contributed by atoms with E-state index in [1.165, 1.54) is 0 Å². The number of amides is 1. The number of epoxide rings is 1. The molecule has 2 aliphatic heterocycles. The van der Waals surface area contributed by atoms with Crippen molar-refractivity contribution < 1.29 is 14.3 Å². The summed E-state index contributed by atoms with van der Waals surface area (Å²) in [4.78, 5) is 14.7. The second kappa shape index (κ2) is 5.11. The van der Waals surface area contributed by atoms with E-state index < -0.39 is 5.72 Å². The van der Waals surface area contributed by atoms with Crippen LogP contribution >= 0.6 is 0 Å². The van der Waals surface area contributed by atoms with Crippen molar-refractivity contribution in [3.63, 3.8) is 0 Å². The molecule has 1 amide bonds. The van der Waals surface area contributed by atoms with Gasteiger partial charge in [-0.25, -0.2) is 0 Å². The van der Waals surface area contributed by atoms with Crippen molar-refractivity contribution in [2.75, 3.05) is 6.61 Å². The molecule has 0 N–H and O–H groups in total. The van der Waals surface area contributed by atoms with Gasteiger partial charge in [-0.15, -0.1) is 0 Å². The summed E-state index contributed by atoms with van der Waals surface area (Å²) in [7, 11) is 0. The number of benzene rings is 1. The second-order valence-corrected chi connectivity index (χ2v) is 6.67. The standard InChI is InChI=1S/C17H23NO3/c1-11(2)13-10-20-17(3,4)18(13)16(19)15-14(21-15)12-8-6-5-7-9-12/h5-9,11,13-15H,10H2,1-4H3/t13-,14-,15+/m1/s1. The molecule has 0 radical (unpaired) electrons. The molecule has 0 aromatic heterocycles. The van der Waals surface area contributed by atoms with Gasteiger partial charge in [0.05, 0.1) is 12.6 Å². The van der Waals surface area contributed by atoms with Crippen molar-refractivity contribution in [2.45, 2.75) is 51.7 Å². The van der Waals surface area contributed by atoms with Crippen LogP contribution in [0.4, 0.5) is 0 Å². The van der Waals surface area contributed by atoms with Crippen LogP contribution in [0.3, 0.4) is 0 Å². The van der Waals surface area contributed by atoms with Gasteiger partial charge in [-0.05, 0) is 25.3 Å². The Labute approximate surface area is 126 Å². The van der Waals surface area contributed by atoms with Crippen molar-refractivity contribution in [3.8, 4) is 0 Å². The van der Waals surface area contributed by atoms with Crippen LogP contribution in [0.2, 0.25) is 0 Å². The highest BCUT2D eigenvalue weighted by Gasteiger charge is 2.54. The predicted molar refractivity (Wildman–Crippen MR) is 79.6 cm³/mol. The summed E-state index contributed by atoms with van der Waals surface area (Å²) in [6.45, 7) is 8.75. The Morgan fingerprint density at radius 2 is 1.95 bits per heavy atom. The molecule has 3 atom stereocenters. The van der Waals surface area contributed by atoms with Crippen LogP contribution in [0, 0.1) is 5.92 Å². The summed E-state index contributed by atoms with van der Waals surface area (Å²) in [5.74, 6) is 0.412. The smallest absolute Gasteiger partial charge is 0.257 e. The summed E-state index contributed by atoms with van der Waals surface area (Å²) in [5.41, 5.74) is 0.508. The molecule has 0 bridgehead atoms. The number of rotatable bonds is 3. The van der Waals surface area contributed by atoms with Gasteiger partial charge in [0, 0.05) is 0 Å². The molecule has 0 aliphatic carbocycles. The van der Waals surface area contributed by atoms with Crippen LogP contribution < -0.4 is 0 Å². The average Bonchev–Trinajstić information content (AvgIpc) is 3.17. The lowest BCUT2D eigenvalue weighted by molar-refractivity contribution is -0.148. The van der Waals surface area contributed by atoms with Gasteiger partial charge in [0.1, 0.15) is 11.8 Å². The predicted octanol–water partition coefficient (Wildman–Crippen LogP) is 2.75. The Bertz CT molecular complexity index is 526. The molecule has 1 aromatic carbocycles. The molecule has 21 heavy (non-hydrogen) atoms. The molecule has 114 valence electrons. The molecule has 2 saturated heterocycles. The molecular formula is C17H23NO3. The molecule has 0 spiro atoms. The zero-order valence-electron chi connectivity index (χ0n) is 13.1. The molecule has 0 saturated carbocycles. The third-order valence-corrected chi connectivity index (χ3v) is 4.39. The maximum absolute atomic E-state index is 12.8. The minimum atomic E-state index is -0.556. The maximum Gasteiger partial charge on any atom is 0.257 e. The Morgan fingerprint density at radius 1 is 1.29 bits per heavy atom. The van der Waals surface area contributed by atoms with Gasteiger partial charge >= 0.3 is 0 Å². The van der Waals surface area contributed by atoms with Crippen molar-refractivity contribution in [1.29, 1.82) is 0 Å². The first-order chi connectivity index (χ1) is 9.92. The van der Waals surface area contributed by atoms with Crippen LogP contribution in [-0.2, 0) is 14.3 Å². The zero-order valence-corrected chi connectivity index (χ0v) is 13.1. The third kappa shape index (κ3) is 2.58. The van der Waals surface area contributed by atoms with E-state index in [0.717, 1.165) is 5.56 Å². The van der Waals surface area contributed by atoms with Crippen molar-refractivity contribution in [1.82, 2.24) is 4.90 Å². The third-order valence-electron chi connectivity index (χ3n) is 4.39. The fourth-order valence-electron chi connectivity index (χ4n) is 3.09. The van der Waals surface area contributed by atoms with E-state index in [1.807, 2.05) is 49.1 Å². The van der Waals surface area contributed by atoms with Crippen LogP contribution in [0.25, 0.3) is 0 Å². The quantitative estimate of drug-likeness (QED) is 0.804. The molecule has 1 aromatic rings. The van der Waals surface area contributed by atoms with Gasteiger partial charge in [-0.3, -0.25) is 4.79 Å². The van der Waals surface area contributed by atoms with Crippen LogP contribution in [0.5, 0.6) is 0 Å². The van der Waals surface area contributed by atoms with Crippen LogP contribution in [0.15, 0.2) is 30.3 Å². The van der Waals surface area contributed by atoms with E-state index in [1.54, 1.807) is 0 Å². The highest BCUT2D eigenvalue weighted by atomic mass is 16.6. The van der Waals surface area contributed by atoms with E-state index in [0.29, 0.717) is 12.5 Å². The number of hydrogen-bond donors (Lipinski definition) is 0. The number of carbonyl (C=O) groups is 1. The highest BCUT2D eigenvalue weighted by Crippen LogP contribution is 2.42.